The van der Waals surface area contributed by atoms with E-state index in [1.807, 2.05) is 6.07 Å². The summed E-state index contributed by atoms with van der Waals surface area (Å²) >= 11 is 12.7. The standard InChI is InChI=1S/C17H11Cl2NO2S/c18-13-6-4-11(5-7-13)10-20-16(21)15(23-17(20)22)9-12-2-1-3-14(19)8-12/h1-9H,10H2/b15-9+. The van der Waals surface area contributed by atoms with Crippen LogP contribution in [-0.4, -0.2) is 16.0 Å². The minimum atomic E-state index is -0.296. The van der Waals surface area contributed by atoms with Crippen LogP contribution in [0.15, 0.2) is 53.4 Å². The zero-order valence-corrected chi connectivity index (χ0v) is 14.2. The van der Waals surface area contributed by atoms with Gasteiger partial charge >= 0.3 is 0 Å². The smallest absolute Gasteiger partial charge is 0.268 e. The predicted octanol–water partition coefficient (Wildman–Crippen LogP) is 5.23. The number of hydrogen-bond donors (Lipinski definition) is 0. The van der Waals surface area contributed by atoms with Crippen LogP contribution >= 0.6 is 35.0 Å². The van der Waals surface area contributed by atoms with Gasteiger partial charge in [0.15, 0.2) is 0 Å². The number of carbonyl (C=O) groups is 2. The van der Waals surface area contributed by atoms with E-state index in [4.69, 9.17) is 23.2 Å². The zero-order valence-electron chi connectivity index (χ0n) is 11.8. The van der Waals surface area contributed by atoms with Crippen LogP contribution in [0.1, 0.15) is 11.1 Å². The molecule has 0 N–H and O–H groups in total. The molecule has 0 atom stereocenters. The fourth-order valence-electron chi connectivity index (χ4n) is 2.16. The molecule has 2 amide bonds. The third-order valence-corrected chi connectivity index (χ3v) is 4.67. The fraction of sp³-hybridized carbons (Fsp3) is 0.0588. The Morgan fingerprint density at radius 2 is 1.74 bits per heavy atom. The molecule has 3 rings (SSSR count). The maximum absolute atomic E-state index is 12.4. The molecule has 116 valence electrons. The molecular weight excluding hydrogens is 353 g/mol. The van der Waals surface area contributed by atoms with Gasteiger partial charge in [-0.2, -0.15) is 0 Å². The molecule has 23 heavy (non-hydrogen) atoms. The van der Waals surface area contributed by atoms with Gasteiger partial charge in [-0.15, -0.1) is 0 Å². The SMILES string of the molecule is O=C1S/C(=C/c2cccc(Cl)c2)C(=O)N1Cc1ccc(Cl)cc1. The van der Waals surface area contributed by atoms with Gasteiger partial charge < -0.3 is 0 Å². The minimum Gasteiger partial charge on any atom is -0.268 e. The number of carbonyl (C=O) groups excluding carboxylic acids is 2. The number of benzene rings is 2. The number of amides is 2. The van der Waals surface area contributed by atoms with E-state index >= 15 is 0 Å². The molecule has 0 aliphatic carbocycles. The highest BCUT2D eigenvalue weighted by molar-refractivity contribution is 8.18. The van der Waals surface area contributed by atoms with E-state index in [0.29, 0.717) is 15.0 Å². The summed E-state index contributed by atoms with van der Waals surface area (Å²) in [4.78, 5) is 26.2. The Hall–Kier alpha value is -1.75. The lowest BCUT2D eigenvalue weighted by atomic mass is 10.2. The summed E-state index contributed by atoms with van der Waals surface area (Å²) in [5.41, 5.74) is 1.63. The Morgan fingerprint density at radius 3 is 2.43 bits per heavy atom. The Labute approximate surface area is 147 Å². The molecule has 6 heteroatoms. The molecule has 0 radical (unpaired) electrons. The van der Waals surface area contributed by atoms with Gasteiger partial charge in [0.1, 0.15) is 0 Å². The summed E-state index contributed by atoms with van der Waals surface area (Å²) in [5.74, 6) is -0.296. The van der Waals surface area contributed by atoms with Crippen LogP contribution in [0.4, 0.5) is 4.79 Å². The quantitative estimate of drug-likeness (QED) is 0.700. The van der Waals surface area contributed by atoms with E-state index in [0.717, 1.165) is 22.9 Å². The maximum atomic E-state index is 12.4. The molecule has 1 aliphatic rings. The van der Waals surface area contributed by atoms with Crippen LogP contribution in [0.25, 0.3) is 6.08 Å². The molecule has 3 nitrogen and oxygen atoms in total. The summed E-state index contributed by atoms with van der Waals surface area (Å²) in [5, 5.41) is 0.918. The first kappa shape index (κ1) is 16.1. The highest BCUT2D eigenvalue weighted by Crippen LogP contribution is 2.33. The lowest BCUT2D eigenvalue weighted by Gasteiger charge is -2.12. The van der Waals surface area contributed by atoms with Gasteiger partial charge in [0.2, 0.25) is 0 Å². The number of thioether (sulfide) groups is 1. The zero-order chi connectivity index (χ0) is 16.4. The van der Waals surface area contributed by atoms with Crippen LogP contribution in [0.5, 0.6) is 0 Å². The van der Waals surface area contributed by atoms with Crippen molar-refractivity contribution < 1.29 is 9.59 Å². The van der Waals surface area contributed by atoms with E-state index in [-0.39, 0.29) is 17.7 Å². The van der Waals surface area contributed by atoms with Crippen LogP contribution in [0.2, 0.25) is 10.0 Å². The van der Waals surface area contributed by atoms with Gasteiger partial charge in [-0.25, -0.2) is 0 Å². The second-order valence-corrected chi connectivity index (χ2v) is 6.82. The second kappa shape index (κ2) is 6.79. The van der Waals surface area contributed by atoms with Crippen LogP contribution < -0.4 is 0 Å². The summed E-state index contributed by atoms with van der Waals surface area (Å²) < 4.78 is 0. The lowest BCUT2D eigenvalue weighted by molar-refractivity contribution is -0.123. The van der Waals surface area contributed by atoms with Gasteiger partial charge in [0.05, 0.1) is 11.4 Å². The lowest BCUT2D eigenvalue weighted by Crippen LogP contribution is -2.27. The molecule has 2 aromatic carbocycles. The van der Waals surface area contributed by atoms with Crippen molar-refractivity contribution in [3.63, 3.8) is 0 Å². The monoisotopic (exact) mass is 363 g/mol. The molecule has 1 heterocycles. The number of hydrogen-bond acceptors (Lipinski definition) is 3. The first-order valence-corrected chi connectivity index (χ1v) is 8.35. The molecule has 1 saturated heterocycles. The Balaban J connectivity index is 1.81. The third-order valence-electron chi connectivity index (χ3n) is 3.27. The number of halogens is 2. The fourth-order valence-corrected chi connectivity index (χ4v) is 3.32. The first-order chi connectivity index (χ1) is 11.0. The Kier molecular flexibility index (Phi) is 4.76. The highest BCUT2D eigenvalue weighted by Gasteiger charge is 2.34. The summed E-state index contributed by atoms with van der Waals surface area (Å²) in [6.07, 6.45) is 1.68. The van der Waals surface area contributed by atoms with E-state index < -0.39 is 0 Å². The van der Waals surface area contributed by atoms with Gasteiger partial charge in [-0.1, -0.05) is 47.5 Å². The van der Waals surface area contributed by atoms with E-state index in [2.05, 4.69) is 0 Å². The maximum Gasteiger partial charge on any atom is 0.293 e. The molecule has 0 unspecified atom stereocenters. The average Bonchev–Trinajstić information content (AvgIpc) is 2.77. The van der Waals surface area contributed by atoms with Gasteiger partial charge in [-0.05, 0) is 53.2 Å². The normalized spacial score (nSPS) is 16.4. The number of nitrogens with zero attached hydrogens (tertiary/aromatic N) is 1. The van der Waals surface area contributed by atoms with Crippen molar-refractivity contribution in [1.82, 2.24) is 4.90 Å². The molecule has 0 spiro atoms. The molecule has 2 aromatic rings. The number of imide groups is 1. The van der Waals surface area contributed by atoms with E-state index in [9.17, 15) is 9.59 Å². The van der Waals surface area contributed by atoms with E-state index in [1.165, 1.54) is 4.90 Å². The molecule has 1 aliphatic heterocycles. The van der Waals surface area contributed by atoms with Crippen molar-refractivity contribution in [2.75, 3.05) is 0 Å². The topological polar surface area (TPSA) is 37.4 Å². The minimum absolute atomic E-state index is 0.231. The van der Waals surface area contributed by atoms with Crippen molar-refractivity contribution >= 4 is 52.2 Å². The molecular formula is C17H11Cl2NO2S. The van der Waals surface area contributed by atoms with Gasteiger partial charge in [0, 0.05) is 10.0 Å². The molecule has 0 bridgehead atoms. The average molecular weight is 364 g/mol. The van der Waals surface area contributed by atoms with Crippen LogP contribution in [0.3, 0.4) is 0 Å². The van der Waals surface area contributed by atoms with Crippen molar-refractivity contribution in [3.05, 3.63) is 74.6 Å². The van der Waals surface area contributed by atoms with Gasteiger partial charge in [-0.3, -0.25) is 14.5 Å². The Morgan fingerprint density at radius 1 is 1.00 bits per heavy atom. The van der Waals surface area contributed by atoms with Crippen molar-refractivity contribution in [2.24, 2.45) is 0 Å². The predicted molar refractivity (Wildman–Crippen MR) is 94.4 cm³/mol. The van der Waals surface area contributed by atoms with E-state index in [1.54, 1.807) is 48.5 Å². The summed E-state index contributed by atoms with van der Waals surface area (Å²) in [7, 11) is 0. The Bertz CT molecular complexity index is 802. The van der Waals surface area contributed by atoms with Crippen molar-refractivity contribution in [3.8, 4) is 0 Å². The third kappa shape index (κ3) is 3.78. The summed E-state index contributed by atoms with van der Waals surface area (Å²) in [6, 6.07) is 14.2. The molecule has 1 fully saturated rings. The van der Waals surface area contributed by atoms with Gasteiger partial charge in [0.25, 0.3) is 11.1 Å². The van der Waals surface area contributed by atoms with Crippen molar-refractivity contribution in [2.45, 2.75) is 6.54 Å². The van der Waals surface area contributed by atoms with Crippen LogP contribution in [-0.2, 0) is 11.3 Å². The largest absolute Gasteiger partial charge is 0.293 e. The second-order valence-electron chi connectivity index (χ2n) is 4.95. The first-order valence-electron chi connectivity index (χ1n) is 6.78. The van der Waals surface area contributed by atoms with Crippen LogP contribution in [0, 0.1) is 0 Å². The van der Waals surface area contributed by atoms with Crippen molar-refractivity contribution in [1.29, 1.82) is 0 Å². The number of rotatable bonds is 3. The summed E-state index contributed by atoms with van der Waals surface area (Å²) in [6.45, 7) is 0.231. The highest BCUT2D eigenvalue weighted by atomic mass is 35.5. The molecule has 0 aromatic heterocycles. The molecule has 0 saturated carbocycles.